The van der Waals surface area contributed by atoms with E-state index in [0.29, 0.717) is 29.5 Å². The summed E-state index contributed by atoms with van der Waals surface area (Å²) < 4.78 is 12.9. The Labute approximate surface area is 162 Å². The van der Waals surface area contributed by atoms with Gasteiger partial charge in [0.1, 0.15) is 5.75 Å². The maximum Gasteiger partial charge on any atom is 0.200 e. The van der Waals surface area contributed by atoms with Gasteiger partial charge < -0.3 is 9.15 Å². The average molecular weight is 385 g/mol. The topological polar surface area (TPSA) is 70.2 Å². The molecule has 0 saturated carbocycles. The molecule has 0 spiro atoms. The third-order valence-electron chi connectivity index (χ3n) is 4.01. The average Bonchev–Trinajstić information content (AvgIpc) is 3.34. The number of hydrogen-bond acceptors (Lipinski definition) is 6. The van der Waals surface area contributed by atoms with Gasteiger partial charge in [-0.25, -0.2) is 0 Å². The smallest absolute Gasteiger partial charge is 0.200 e. The Hall–Kier alpha value is -2.54. The molecule has 7 heteroatoms. The number of thioether (sulfide) groups is 1. The van der Waals surface area contributed by atoms with Crippen LogP contribution in [-0.2, 0) is 6.54 Å². The van der Waals surface area contributed by atoms with Crippen molar-refractivity contribution >= 4 is 17.5 Å². The fraction of sp³-hybridized carbons (Fsp3) is 0.350. The molecule has 0 unspecified atom stereocenters. The van der Waals surface area contributed by atoms with E-state index in [0.717, 1.165) is 30.3 Å². The zero-order chi connectivity index (χ0) is 19.1. The highest BCUT2D eigenvalue weighted by atomic mass is 32.2. The third-order valence-corrected chi connectivity index (χ3v) is 4.98. The number of aromatic nitrogens is 3. The lowest BCUT2D eigenvalue weighted by molar-refractivity contribution is 0.102. The highest BCUT2D eigenvalue weighted by molar-refractivity contribution is 7.99. The lowest BCUT2D eigenvalue weighted by atomic mass is 10.1. The molecule has 0 N–H and O–H groups in total. The highest BCUT2D eigenvalue weighted by Crippen LogP contribution is 2.25. The first kappa shape index (κ1) is 19.2. The minimum Gasteiger partial charge on any atom is -0.494 e. The molecule has 3 rings (SSSR count). The minimum atomic E-state index is 0.0487. The normalized spacial score (nSPS) is 10.9. The summed E-state index contributed by atoms with van der Waals surface area (Å²) in [6.07, 6.45) is 3.69. The van der Waals surface area contributed by atoms with Gasteiger partial charge in [-0.1, -0.05) is 25.1 Å². The Bertz CT molecular complexity index is 857. The number of ketones is 1. The molecule has 27 heavy (non-hydrogen) atoms. The van der Waals surface area contributed by atoms with Crippen LogP contribution in [0.1, 0.15) is 37.0 Å². The zero-order valence-corrected chi connectivity index (χ0v) is 16.4. The Morgan fingerprint density at radius 1 is 1.19 bits per heavy atom. The number of unbranched alkanes of at least 4 members (excludes halogenated alkanes) is 1. The van der Waals surface area contributed by atoms with Crippen molar-refractivity contribution in [1.82, 2.24) is 14.8 Å². The van der Waals surface area contributed by atoms with Gasteiger partial charge in [-0.15, -0.1) is 10.2 Å². The van der Waals surface area contributed by atoms with Gasteiger partial charge in [-0.2, -0.15) is 0 Å². The number of hydrogen-bond donors (Lipinski definition) is 0. The number of carbonyl (C=O) groups excluding carboxylic acids is 1. The number of nitrogens with zero attached hydrogens (tertiary/aromatic N) is 3. The van der Waals surface area contributed by atoms with Crippen LogP contribution in [0.4, 0.5) is 0 Å². The molecule has 3 aromatic rings. The molecule has 0 saturated heterocycles. The summed E-state index contributed by atoms with van der Waals surface area (Å²) in [5.74, 6) is 2.50. The molecule has 2 aromatic heterocycles. The molecule has 1 aromatic carbocycles. The lowest BCUT2D eigenvalue weighted by Crippen LogP contribution is -2.06. The molecule has 0 aliphatic carbocycles. The quantitative estimate of drug-likeness (QED) is 0.372. The maximum absolute atomic E-state index is 12.5. The van der Waals surface area contributed by atoms with Gasteiger partial charge in [0.2, 0.25) is 0 Å². The molecule has 0 fully saturated rings. The van der Waals surface area contributed by atoms with Gasteiger partial charge in [-0.05, 0) is 49.7 Å². The number of Topliss-reactive ketones (excluding diaryl/α,β-unsaturated/α-hetero) is 1. The lowest BCUT2D eigenvalue weighted by Gasteiger charge is -2.08. The number of furan rings is 1. The molecule has 0 radical (unpaired) electrons. The summed E-state index contributed by atoms with van der Waals surface area (Å²) in [6.45, 7) is 5.47. The second-order valence-corrected chi connectivity index (χ2v) is 6.90. The van der Waals surface area contributed by atoms with E-state index in [9.17, 15) is 4.79 Å². The third kappa shape index (κ3) is 4.80. The molecule has 0 bridgehead atoms. The Kier molecular flexibility index (Phi) is 6.70. The van der Waals surface area contributed by atoms with E-state index in [-0.39, 0.29) is 5.78 Å². The van der Waals surface area contributed by atoms with Crippen LogP contribution in [-0.4, -0.2) is 32.9 Å². The van der Waals surface area contributed by atoms with Gasteiger partial charge >= 0.3 is 0 Å². The Morgan fingerprint density at radius 3 is 2.67 bits per heavy atom. The van der Waals surface area contributed by atoms with Crippen LogP contribution in [0, 0.1) is 0 Å². The molecule has 2 heterocycles. The highest BCUT2D eigenvalue weighted by Gasteiger charge is 2.17. The molecule has 0 amide bonds. The van der Waals surface area contributed by atoms with Gasteiger partial charge in [0.25, 0.3) is 0 Å². The van der Waals surface area contributed by atoms with Crippen LogP contribution in [0.3, 0.4) is 0 Å². The van der Waals surface area contributed by atoms with Crippen LogP contribution < -0.4 is 4.74 Å². The van der Waals surface area contributed by atoms with Gasteiger partial charge in [0.15, 0.2) is 22.5 Å². The zero-order valence-electron chi connectivity index (χ0n) is 15.6. The first-order valence-electron chi connectivity index (χ1n) is 9.08. The number of rotatable bonds is 10. The van der Waals surface area contributed by atoms with Crippen molar-refractivity contribution in [3.8, 4) is 17.3 Å². The molecular weight excluding hydrogens is 362 g/mol. The first-order chi connectivity index (χ1) is 13.2. The summed E-state index contributed by atoms with van der Waals surface area (Å²) >= 11 is 1.40. The van der Waals surface area contributed by atoms with E-state index in [1.807, 2.05) is 35.8 Å². The fourth-order valence-electron chi connectivity index (χ4n) is 2.62. The van der Waals surface area contributed by atoms with E-state index in [2.05, 4.69) is 17.1 Å². The van der Waals surface area contributed by atoms with Crippen molar-refractivity contribution in [1.29, 1.82) is 0 Å². The summed E-state index contributed by atoms with van der Waals surface area (Å²) in [5, 5.41) is 9.27. The van der Waals surface area contributed by atoms with Crippen molar-refractivity contribution < 1.29 is 13.9 Å². The van der Waals surface area contributed by atoms with E-state index in [4.69, 9.17) is 9.15 Å². The molecular formula is C20H23N3O3S. The van der Waals surface area contributed by atoms with Gasteiger partial charge in [-0.3, -0.25) is 9.36 Å². The largest absolute Gasteiger partial charge is 0.494 e. The minimum absolute atomic E-state index is 0.0487. The Morgan fingerprint density at radius 2 is 2.00 bits per heavy atom. The van der Waals surface area contributed by atoms with E-state index in [1.54, 1.807) is 18.4 Å². The van der Waals surface area contributed by atoms with Gasteiger partial charge in [0, 0.05) is 12.1 Å². The van der Waals surface area contributed by atoms with Crippen molar-refractivity contribution in [2.75, 3.05) is 12.4 Å². The molecule has 0 aliphatic rings. The summed E-state index contributed by atoms with van der Waals surface area (Å²) in [7, 11) is 0. The Balaban J connectivity index is 1.70. The van der Waals surface area contributed by atoms with E-state index < -0.39 is 0 Å². The molecule has 0 atom stereocenters. The molecule has 0 aliphatic heterocycles. The molecule has 6 nitrogen and oxygen atoms in total. The van der Waals surface area contributed by atoms with E-state index in [1.165, 1.54) is 11.8 Å². The number of carbonyl (C=O) groups is 1. The van der Waals surface area contributed by atoms with Crippen LogP contribution in [0.15, 0.2) is 52.2 Å². The predicted octanol–water partition coefficient (Wildman–Crippen LogP) is 4.71. The van der Waals surface area contributed by atoms with Crippen molar-refractivity contribution in [2.24, 2.45) is 0 Å². The van der Waals surface area contributed by atoms with Crippen molar-refractivity contribution in [2.45, 2.75) is 38.4 Å². The van der Waals surface area contributed by atoms with Crippen LogP contribution in [0.5, 0.6) is 5.75 Å². The number of ether oxygens (including phenoxy) is 1. The van der Waals surface area contributed by atoms with Crippen LogP contribution >= 0.6 is 11.8 Å². The van der Waals surface area contributed by atoms with Crippen LogP contribution in [0.2, 0.25) is 0 Å². The van der Waals surface area contributed by atoms with Crippen molar-refractivity contribution in [3.05, 3.63) is 48.2 Å². The molecule has 142 valence electrons. The summed E-state index contributed by atoms with van der Waals surface area (Å²) in [5.41, 5.74) is 0.664. The van der Waals surface area contributed by atoms with Crippen molar-refractivity contribution in [3.63, 3.8) is 0 Å². The second-order valence-electron chi connectivity index (χ2n) is 5.96. The standard InChI is InChI=1S/C20H23N3O3S/c1-3-5-12-23-19(18-7-6-13-26-18)21-22-20(23)27-14-17(24)15-8-10-16(11-9-15)25-4-2/h6-11,13H,3-5,12,14H2,1-2H3. The maximum atomic E-state index is 12.5. The summed E-state index contributed by atoms with van der Waals surface area (Å²) in [4.78, 5) is 12.5. The number of benzene rings is 1. The van der Waals surface area contributed by atoms with E-state index >= 15 is 0 Å². The first-order valence-corrected chi connectivity index (χ1v) is 10.1. The second kappa shape index (κ2) is 9.41. The fourth-order valence-corrected chi connectivity index (χ4v) is 3.48. The predicted molar refractivity (Wildman–Crippen MR) is 105 cm³/mol. The SMILES string of the molecule is CCCCn1c(SCC(=O)c2ccc(OCC)cc2)nnc1-c1ccco1. The van der Waals surface area contributed by atoms with Gasteiger partial charge in [0.05, 0.1) is 18.6 Å². The monoisotopic (exact) mass is 385 g/mol. The van der Waals surface area contributed by atoms with Crippen LogP contribution in [0.25, 0.3) is 11.6 Å². The summed E-state index contributed by atoms with van der Waals surface area (Å²) in [6, 6.07) is 10.9.